The summed E-state index contributed by atoms with van der Waals surface area (Å²) in [7, 11) is 0. The first-order chi connectivity index (χ1) is 9.61. The molecule has 2 aromatic rings. The van der Waals surface area contributed by atoms with Crippen molar-refractivity contribution in [2.75, 3.05) is 0 Å². The summed E-state index contributed by atoms with van der Waals surface area (Å²) in [5.41, 5.74) is 7.54. The van der Waals surface area contributed by atoms with Gasteiger partial charge in [0, 0.05) is 0 Å². The van der Waals surface area contributed by atoms with E-state index in [4.69, 9.17) is 27.3 Å². The number of nitrogens with two attached hydrogens (primary N) is 1. The molecule has 0 fully saturated rings. The highest BCUT2D eigenvalue weighted by molar-refractivity contribution is 6.32. The van der Waals surface area contributed by atoms with Crippen molar-refractivity contribution in [1.82, 2.24) is 0 Å². The van der Waals surface area contributed by atoms with Gasteiger partial charge in [-0.3, -0.25) is 0 Å². The molecule has 0 aliphatic carbocycles. The van der Waals surface area contributed by atoms with Crippen LogP contribution < -0.4 is 10.5 Å². The molecular weight excluding hydrogens is 276 g/mol. The maximum absolute atomic E-state index is 8.60. The lowest BCUT2D eigenvalue weighted by atomic mass is 10.1. The maximum atomic E-state index is 8.60. The fourth-order valence-corrected chi connectivity index (χ4v) is 1.96. The van der Waals surface area contributed by atoms with Gasteiger partial charge in [0.05, 0.1) is 5.02 Å². The Morgan fingerprint density at radius 3 is 2.50 bits per heavy atom. The molecule has 0 aliphatic rings. The molecule has 0 saturated carbocycles. The van der Waals surface area contributed by atoms with Gasteiger partial charge >= 0.3 is 0 Å². The van der Waals surface area contributed by atoms with Crippen molar-refractivity contribution in [3.8, 4) is 16.9 Å². The zero-order valence-corrected chi connectivity index (χ0v) is 11.7. The third-order valence-corrected chi connectivity index (χ3v) is 3.17. The topological polar surface area (TPSA) is 67.8 Å². The third kappa shape index (κ3) is 3.22. The van der Waals surface area contributed by atoms with Crippen LogP contribution in [0.1, 0.15) is 6.92 Å². The normalized spacial score (nSPS) is 13.0. The second kappa shape index (κ2) is 6.30. The van der Waals surface area contributed by atoms with Crippen molar-refractivity contribution in [3.05, 3.63) is 53.6 Å². The van der Waals surface area contributed by atoms with Crippen LogP contribution in [0.2, 0.25) is 5.02 Å². The molecule has 0 spiro atoms. The lowest BCUT2D eigenvalue weighted by Crippen LogP contribution is -2.31. The van der Waals surface area contributed by atoms with E-state index >= 15 is 0 Å². The minimum Gasteiger partial charge on any atom is -0.481 e. The predicted octanol–water partition coefficient (Wildman–Crippen LogP) is 3.52. The first-order valence-electron chi connectivity index (χ1n) is 6.11. The van der Waals surface area contributed by atoms with Crippen LogP contribution in [0, 0.1) is 0 Å². The Hall–Kier alpha value is -2.20. The highest BCUT2D eigenvalue weighted by Crippen LogP contribution is 2.30. The number of oxime groups is 1. The fourth-order valence-electron chi connectivity index (χ4n) is 1.74. The van der Waals surface area contributed by atoms with Crippen molar-refractivity contribution < 1.29 is 9.94 Å². The molecule has 4 nitrogen and oxygen atoms in total. The van der Waals surface area contributed by atoms with Crippen LogP contribution in [0.15, 0.2) is 53.7 Å². The van der Waals surface area contributed by atoms with Crippen LogP contribution in [-0.2, 0) is 0 Å². The van der Waals surface area contributed by atoms with Gasteiger partial charge in [-0.05, 0) is 30.2 Å². The van der Waals surface area contributed by atoms with Gasteiger partial charge < -0.3 is 15.7 Å². The van der Waals surface area contributed by atoms with Crippen LogP contribution in [-0.4, -0.2) is 17.1 Å². The average Bonchev–Trinajstić information content (AvgIpc) is 2.49. The van der Waals surface area contributed by atoms with Gasteiger partial charge in [-0.25, -0.2) is 0 Å². The third-order valence-electron chi connectivity index (χ3n) is 2.87. The van der Waals surface area contributed by atoms with Crippen LogP contribution >= 0.6 is 11.6 Å². The van der Waals surface area contributed by atoms with Crippen molar-refractivity contribution in [2.24, 2.45) is 10.9 Å². The zero-order valence-electron chi connectivity index (χ0n) is 11.0. The molecule has 20 heavy (non-hydrogen) atoms. The number of amidine groups is 1. The molecule has 0 amide bonds. The molecule has 1 unspecified atom stereocenters. The van der Waals surface area contributed by atoms with Crippen molar-refractivity contribution in [3.63, 3.8) is 0 Å². The SMILES string of the molecule is CC(Oc1ccc(-c2ccccc2)cc1Cl)C(N)=NO. The molecule has 0 aromatic heterocycles. The van der Waals surface area contributed by atoms with Gasteiger partial charge in [-0.2, -0.15) is 0 Å². The molecule has 0 aliphatic heterocycles. The van der Waals surface area contributed by atoms with E-state index in [-0.39, 0.29) is 5.84 Å². The second-order valence-corrected chi connectivity index (χ2v) is 4.70. The van der Waals surface area contributed by atoms with Crippen LogP contribution in [0.4, 0.5) is 0 Å². The van der Waals surface area contributed by atoms with E-state index in [1.54, 1.807) is 13.0 Å². The number of ether oxygens (including phenoxy) is 1. The molecule has 0 saturated heterocycles. The Morgan fingerprint density at radius 1 is 1.20 bits per heavy atom. The number of benzene rings is 2. The summed E-state index contributed by atoms with van der Waals surface area (Å²) in [6.07, 6.45) is -0.555. The average molecular weight is 291 g/mol. The zero-order chi connectivity index (χ0) is 14.5. The molecule has 0 radical (unpaired) electrons. The molecule has 0 heterocycles. The Balaban J connectivity index is 2.23. The van der Waals surface area contributed by atoms with E-state index in [0.29, 0.717) is 10.8 Å². The summed E-state index contributed by atoms with van der Waals surface area (Å²) in [4.78, 5) is 0. The van der Waals surface area contributed by atoms with Crippen molar-refractivity contribution in [1.29, 1.82) is 0 Å². The lowest BCUT2D eigenvalue weighted by Gasteiger charge is -2.15. The Morgan fingerprint density at radius 2 is 1.90 bits per heavy atom. The highest BCUT2D eigenvalue weighted by atomic mass is 35.5. The monoisotopic (exact) mass is 290 g/mol. The standard InChI is InChI=1S/C15H15ClN2O2/c1-10(15(17)18-19)20-14-8-7-12(9-13(14)16)11-5-3-2-4-6-11/h2-10,19H,1H3,(H2,17,18). The molecule has 5 heteroatoms. The largest absolute Gasteiger partial charge is 0.481 e. The second-order valence-electron chi connectivity index (χ2n) is 4.30. The van der Waals surface area contributed by atoms with E-state index in [1.165, 1.54) is 0 Å². The molecular formula is C15H15ClN2O2. The summed E-state index contributed by atoms with van der Waals surface area (Å²) >= 11 is 6.20. The van der Waals surface area contributed by atoms with E-state index in [2.05, 4.69) is 5.16 Å². The number of halogens is 1. The summed E-state index contributed by atoms with van der Waals surface area (Å²) in [5, 5.41) is 12.0. The Labute approximate surface area is 122 Å². The van der Waals surface area contributed by atoms with E-state index < -0.39 is 6.10 Å². The van der Waals surface area contributed by atoms with Gasteiger partial charge in [-0.15, -0.1) is 0 Å². The summed E-state index contributed by atoms with van der Waals surface area (Å²) in [6.45, 7) is 1.68. The van der Waals surface area contributed by atoms with E-state index in [9.17, 15) is 0 Å². The van der Waals surface area contributed by atoms with Gasteiger partial charge in [0.2, 0.25) is 0 Å². The minimum absolute atomic E-state index is 0.00629. The Bertz CT molecular complexity index is 615. The fraction of sp³-hybridized carbons (Fsp3) is 0.133. The van der Waals surface area contributed by atoms with Gasteiger partial charge in [-0.1, -0.05) is 53.2 Å². The summed E-state index contributed by atoms with van der Waals surface area (Å²) in [6, 6.07) is 15.4. The summed E-state index contributed by atoms with van der Waals surface area (Å²) in [5.74, 6) is 0.485. The van der Waals surface area contributed by atoms with Crippen LogP contribution in [0.3, 0.4) is 0 Å². The minimum atomic E-state index is -0.555. The highest BCUT2D eigenvalue weighted by Gasteiger charge is 2.12. The molecule has 2 aromatic carbocycles. The number of rotatable bonds is 4. The predicted molar refractivity (Wildman–Crippen MR) is 80.4 cm³/mol. The lowest BCUT2D eigenvalue weighted by molar-refractivity contribution is 0.266. The first kappa shape index (κ1) is 14.2. The van der Waals surface area contributed by atoms with Crippen LogP contribution in [0.25, 0.3) is 11.1 Å². The molecule has 104 valence electrons. The maximum Gasteiger partial charge on any atom is 0.180 e. The van der Waals surface area contributed by atoms with Crippen LogP contribution in [0.5, 0.6) is 5.75 Å². The van der Waals surface area contributed by atoms with Crippen molar-refractivity contribution in [2.45, 2.75) is 13.0 Å². The first-order valence-corrected chi connectivity index (χ1v) is 6.48. The number of hydrogen-bond donors (Lipinski definition) is 2. The smallest absolute Gasteiger partial charge is 0.180 e. The quantitative estimate of drug-likeness (QED) is 0.392. The van der Waals surface area contributed by atoms with E-state index in [0.717, 1.165) is 11.1 Å². The Kier molecular flexibility index (Phi) is 4.48. The molecule has 0 bridgehead atoms. The molecule has 2 rings (SSSR count). The molecule has 1 atom stereocenters. The number of hydrogen-bond acceptors (Lipinski definition) is 3. The van der Waals surface area contributed by atoms with Gasteiger partial charge in [0.15, 0.2) is 11.9 Å². The van der Waals surface area contributed by atoms with Gasteiger partial charge in [0.25, 0.3) is 0 Å². The van der Waals surface area contributed by atoms with E-state index in [1.807, 2.05) is 42.5 Å². The van der Waals surface area contributed by atoms with Gasteiger partial charge in [0.1, 0.15) is 5.75 Å². The molecule has 3 N–H and O–H groups in total. The number of nitrogens with zero attached hydrogens (tertiary/aromatic N) is 1. The summed E-state index contributed by atoms with van der Waals surface area (Å²) < 4.78 is 5.54. The van der Waals surface area contributed by atoms with Crippen molar-refractivity contribution >= 4 is 17.4 Å².